The molecule has 0 atom stereocenters. The molecule has 2 N–H and O–H groups in total. The van der Waals surface area contributed by atoms with Crippen molar-refractivity contribution in [1.29, 1.82) is 0 Å². The molecule has 1 heterocycles. The Kier molecular flexibility index (Phi) is 4.49. The number of aromatic nitrogens is 3. The van der Waals surface area contributed by atoms with Crippen LogP contribution in [-0.2, 0) is 6.54 Å². The van der Waals surface area contributed by atoms with E-state index in [0.29, 0.717) is 0 Å². The van der Waals surface area contributed by atoms with Gasteiger partial charge < -0.3 is 10.4 Å². The van der Waals surface area contributed by atoms with Crippen LogP contribution in [0.4, 0.5) is 4.39 Å². The molecule has 0 aliphatic rings. The summed E-state index contributed by atoms with van der Waals surface area (Å²) in [6.45, 7) is 0.352. The molecule has 110 valence electrons. The van der Waals surface area contributed by atoms with Crippen molar-refractivity contribution >= 4 is 23.5 Å². The minimum Gasteiger partial charge on any atom is -0.476 e. The zero-order chi connectivity index (χ0) is 15.4. The quantitative estimate of drug-likeness (QED) is 0.864. The van der Waals surface area contributed by atoms with Crippen molar-refractivity contribution < 1.29 is 19.1 Å². The summed E-state index contributed by atoms with van der Waals surface area (Å²) >= 11 is 5.60. The van der Waals surface area contributed by atoms with Gasteiger partial charge in [-0.15, -0.1) is 5.10 Å². The number of nitrogens with zero attached hydrogens (tertiary/aromatic N) is 3. The van der Waals surface area contributed by atoms with Crippen molar-refractivity contribution in [2.45, 2.75) is 6.54 Å². The molecule has 1 amide bonds. The first-order valence-corrected chi connectivity index (χ1v) is 6.22. The van der Waals surface area contributed by atoms with Crippen molar-refractivity contribution in [3.8, 4) is 0 Å². The van der Waals surface area contributed by atoms with Crippen LogP contribution in [0.25, 0.3) is 0 Å². The maximum absolute atomic E-state index is 13.5. The second-order valence-electron chi connectivity index (χ2n) is 4.05. The first-order valence-electron chi connectivity index (χ1n) is 5.84. The molecule has 21 heavy (non-hydrogen) atoms. The number of aromatic carboxylic acids is 1. The SMILES string of the molecule is O=C(O)c1cn(CCNC(=O)c2ccc(Cl)cc2F)nn1. The first kappa shape index (κ1) is 14.9. The average molecular weight is 313 g/mol. The van der Waals surface area contributed by atoms with Crippen LogP contribution in [0.15, 0.2) is 24.4 Å². The summed E-state index contributed by atoms with van der Waals surface area (Å²) in [6, 6.07) is 3.74. The molecule has 7 nitrogen and oxygen atoms in total. The molecule has 0 unspecified atom stereocenters. The van der Waals surface area contributed by atoms with Crippen LogP contribution in [-0.4, -0.2) is 38.5 Å². The number of benzene rings is 1. The van der Waals surface area contributed by atoms with Crippen LogP contribution in [0.3, 0.4) is 0 Å². The number of amides is 1. The van der Waals surface area contributed by atoms with Crippen LogP contribution in [0, 0.1) is 5.82 Å². The number of halogens is 2. The summed E-state index contributed by atoms with van der Waals surface area (Å²) < 4.78 is 14.8. The number of nitrogens with one attached hydrogen (secondary N) is 1. The van der Waals surface area contributed by atoms with Gasteiger partial charge in [0, 0.05) is 11.6 Å². The van der Waals surface area contributed by atoms with Crippen molar-refractivity contribution in [3.05, 3.63) is 46.5 Å². The third-order valence-corrected chi connectivity index (χ3v) is 2.80. The Labute approximate surface area is 123 Å². The first-order chi connectivity index (χ1) is 9.97. The molecule has 2 rings (SSSR count). The monoisotopic (exact) mass is 312 g/mol. The normalized spacial score (nSPS) is 10.4. The molecule has 0 aliphatic carbocycles. The highest BCUT2D eigenvalue weighted by Crippen LogP contribution is 2.14. The van der Waals surface area contributed by atoms with E-state index in [1.54, 1.807) is 0 Å². The van der Waals surface area contributed by atoms with Crippen LogP contribution < -0.4 is 5.32 Å². The highest BCUT2D eigenvalue weighted by Gasteiger charge is 2.12. The van der Waals surface area contributed by atoms with E-state index in [9.17, 15) is 14.0 Å². The van der Waals surface area contributed by atoms with Crippen LogP contribution in [0.1, 0.15) is 20.8 Å². The Balaban J connectivity index is 1.90. The predicted molar refractivity (Wildman–Crippen MR) is 70.7 cm³/mol. The summed E-state index contributed by atoms with van der Waals surface area (Å²) in [5, 5.41) is 18.4. The van der Waals surface area contributed by atoms with E-state index >= 15 is 0 Å². The molecule has 0 saturated heterocycles. The van der Waals surface area contributed by atoms with Gasteiger partial charge in [0.1, 0.15) is 5.82 Å². The van der Waals surface area contributed by atoms with Gasteiger partial charge in [-0.3, -0.25) is 4.79 Å². The smallest absolute Gasteiger partial charge is 0.358 e. The van der Waals surface area contributed by atoms with Crippen molar-refractivity contribution in [2.24, 2.45) is 0 Å². The summed E-state index contributed by atoms with van der Waals surface area (Å²) in [4.78, 5) is 22.4. The van der Waals surface area contributed by atoms with E-state index in [2.05, 4.69) is 15.6 Å². The van der Waals surface area contributed by atoms with E-state index in [0.717, 1.165) is 6.07 Å². The maximum atomic E-state index is 13.5. The zero-order valence-electron chi connectivity index (χ0n) is 10.6. The number of hydrogen-bond donors (Lipinski definition) is 2. The minimum absolute atomic E-state index is 0.121. The Morgan fingerprint density at radius 3 is 2.81 bits per heavy atom. The van der Waals surface area contributed by atoms with E-state index in [1.807, 2.05) is 0 Å². The van der Waals surface area contributed by atoms with Crippen LogP contribution in [0.2, 0.25) is 5.02 Å². The lowest BCUT2D eigenvalue weighted by atomic mass is 10.2. The summed E-state index contributed by atoms with van der Waals surface area (Å²) in [5.74, 6) is -2.50. The molecule has 0 spiro atoms. The maximum Gasteiger partial charge on any atom is 0.358 e. The Bertz CT molecular complexity index is 689. The topological polar surface area (TPSA) is 97.1 Å². The molecule has 1 aromatic carbocycles. The second-order valence-corrected chi connectivity index (χ2v) is 4.49. The number of carbonyl (C=O) groups excluding carboxylic acids is 1. The van der Waals surface area contributed by atoms with Crippen molar-refractivity contribution in [2.75, 3.05) is 6.54 Å². The van der Waals surface area contributed by atoms with Gasteiger partial charge in [0.05, 0.1) is 18.3 Å². The highest BCUT2D eigenvalue weighted by molar-refractivity contribution is 6.30. The van der Waals surface area contributed by atoms with Crippen molar-refractivity contribution in [3.63, 3.8) is 0 Å². The van der Waals surface area contributed by atoms with Gasteiger partial charge in [-0.05, 0) is 18.2 Å². The fourth-order valence-corrected chi connectivity index (χ4v) is 1.72. The molecule has 0 radical (unpaired) electrons. The van der Waals surface area contributed by atoms with E-state index in [1.165, 1.54) is 23.0 Å². The van der Waals surface area contributed by atoms with Crippen LogP contribution in [0.5, 0.6) is 0 Å². The van der Waals surface area contributed by atoms with Gasteiger partial charge >= 0.3 is 5.97 Å². The van der Waals surface area contributed by atoms with Gasteiger partial charge in [-0.25, -0.2) is 13.9 Å². The number of rotatable bonds is 5. The summed E-state index contributed by atoms with van der Waals surface area (Å²) in [7, 11) is 0. The fraction of sp³-hybridized carbons (Fsp3) is 0.167. The molecule has 0 fully saturated rings. The van der Waals surface area contributed by atoms with Gasteiger partial charge in [-0.1, -0.05) is 16.8 Å². The van der Waals surface area contributed by atoms with E-state index < -0.39 is 17.7 Å². The zero-order valence-corrected chi connectivity index (χ0v) is 11.3. The molecule has 0 bridgehead atoms. The molecule has 0 saturated carbocycles. The Hall–Kier alpha value is -2.48. The molecule has 0 aliphatic heterocycles. The number of hydrogen-bond acceptors (Lipinski definition) is 4. The third-order valence-electron chi connectivity index (χ3n) is 2.56. The highest BCUT2D eigenvalue weighted by atomic mass is 35.5. The van der Waals surface area contributed by atoms with Crippen LogP contribution >= 0.6 is 11.6 Å². The Morgan fingerprint density at radius 2 is 2.19 bits per heavy atom. The molecular formula is C12H10ClFN4O3. The third kappa shape index (κ3) is 3.76. The second kappa shape index (κ2) is 6.31. The van der Waals surface area contributed by atoms with E-state index in [4.69, 9.17) is 16.7 Å². The molecular weight excluding hydrogens is 303 g/mol. The fourth-order valence-electron chi connectivity index (χ4n) is 1.56. The summed E-state index contributed by atoms with van der Waals surface area (Å²) in [5.41, 5.74) is -0.311. The lowest BCUT2D eigenvalue weighted by Gasteiger charge is -2.06. The Morgan fingerprint density at radius 1 is 1.43 bits per heavy atom. The molecule has 9 heteroatoms. The standard InChI is InChI=1S/C12H10ClFN4O3/c13-7-1-2-8(9(14)5-7)11(19)15-3-4-18-6-10(12(20)21)16-17-18/h1-2,5-6H,3-4H2,(H,15,19)(H,20,21). The largest absolute Gasteiger partial charge is 0.476 e. The van der Waals surface area contributed by atoms with Gasteiger partial charge in [0.15, 0.2) is 5.69 Å². The minimum atomic E-state index is -1.19. The number of carboxylic acid groups (broad SMARTS) is 1. The van der Waals surface area contributed by atoms with Gasteiger partial charge in [0.25, 0.3) is 5.91 Å². The predicted octanol–water partition coefficient (Wildman–Crippen LogP) is 1.20. The lowest BCUT2D eigenvalue weighted by molar-refractivity contribution is 0.0690. The molecule has 2 aromatic rings. The number of carbonyl (C=O) groups is 2. The van der Waals surface area contributed by atoms with E-state index in [-0.39, 0.29) is 29.4 Å². The summed E-state index contributed by atoms with van der Waals surface area (Å²) in [6.07, 6.45) is 1.23. The van der Waals surface area contributed by atoms with Crippen molar-refractivity contribution in [1.82, 2.24) is 20.3 Å². The lowest BCUT2D eigenvalue weighted by Crippen LogP contribution is -2.28. The number of carboxylic acids is 1. The van der Waals surface area contributed by atoms with Gasteiger partial charge in [-0.2, -0.15) is 0 Å². The average Bonchev–Trinajstić information content (AvgIpc) is 2.87. The van der Waals surface area contributed by atoms with Gasteiger partial charge in [0.2, 0.25) is 0 Å². The molecule has 1 aromatic heterocycles.